The molecule has 14 heteroatoms. The number of carbonyl (C=O) groups is 2. The molecule has 4 N–H and O–H groups in total. The van der Waals surface area contributed by atoms with Gasteiger partial charge in [-0.2, -0.15) is 4.98 Å². The van der Waals surface area contributed by atoms with Gasteiger partial charge in [0.15, 0.2) is 0 Å². The van der Waals surface area contributed by atoms with E-state index in [1.165, 1.54) is 10.1 Å². The number of imide groups is 1. The van der Waals surface area contributed by atoms with E-state index in [-0.39, 0.29) is 30.1 Å². The molecule has 0 aliphatic carbocycles. The number of nitrogens with zero attached hydrogens (tertiary/aromatic N) is 7. The molecule has 0 saturated carbocycles. The van der Waals surface area contributed by atoms with Gasteiger partial charge < -0.3 is 20.4 Å². The third kappa shape index (κ3) is 6.91. The van der Waals surface area contributed by atoms with E-state index in [4.69, 9.17) is 10.5 Å². The van der Waals surface area contributed by atoms with Crippen molar-refractivity contribution in [2.24, 2.45) is 7.05 Å². The molecule has 5 aromatic rings. The van der Waals surface area contributed by atoms with Crippen molar-refractivity contribution >= 4 is 39.8 Å². The summed E-state index contributed by atoms with van der Waals surface area (Å²) in [7, 11) is 1.73. The highest BCUT2D eigenvalue weighted by molar-refractivity contribution is 6.00. The number of nitrogens with one attached hydrogen (secondary N) is 2. The van der Waals surface area contributed by atoms with Crippen LogP contribution in [0.5, 0.6) is 0 Å². The topological polar surface area (TPSA) is 160 Å². The third-order valence-corrected chi connectivity index (χ3v) is 10.6. The lowest BCUT2D eigenvalue weighted by Gasteiger charge is -2.39. The van der Waals surface area contributed by atoms with Gasteiger partial charge in [-0.15, -0.1) is 0 Å². The summed E-state index contributed by atoms with van der Waals surface area (Å²) in [5.74, 6) is -0.440. The molecule has 14 nitrogen and oxygen atoms in total. The second-order valence-electron chi connectivity index (χ2n) is 14.0. The maximum atomic E-state index is 13.1. The summed E-state index contributed by atoms with van der Waals surface area (Å²) in [5, 5.41) is 3.33. The van der Waals surface area contributed by atoms with E-state index in [2.05, 4.69) is 59.2 Å². The normalized spacial score (nSPS) is 19.6. The number of likely N-dealkylation sites (tertiary alicyclic amines) is 1. The fraction of sp³-hybridized carbons (Fsp3) is 0.432. The monoisotopic (exact) mass is 692 g/mol. The summed E-state index contributed by atoms with van der Waals surface area (Å²) in [6.45, 7) is 9.58. The van der Waals surface area contributed by atoms with Crippen LogP contribution in [0.25, 0.3) is 33.2 Å². The Labute approximate surface area is 295 Å². The van der Waals surface area contributed by atoms with Crippen LogP contribution < -0.4 is 16.7 Å². The Kier molecular flexibility index (Phi) is 9.15. The highest BCUT2D eigenvalue weighted by Crippen LogP contribution is 2.28. The number of benzene rings is 2. The smallest absolute Gasteiger partial charge is 0.329 e. The molecule has 1 unspecified atom stereocenters. The zero-order chi connectivity index (χ0) is 35.1. The molecule has 3 fully saturated rings. The summed E-state index contributed by atoms with van der Waals surface area (Å²) >= 11 is 0. The molecule has 51 heavy (non-hydrogen) atoms. The molecular weight excluding hydrogens is 648 g/mol. The van der Waals surface area contributed by atoms with Crippen LogP contribution in [0.3, 0.4) is 0 Å². The molecule has 3 aliphatic heterocycles. The predicted molar refractivity (Wildman–Crippen MR) is 194 cm³/mol. The standard InChI is InChI=1S/C37H44N10O4/c1-43-32-17-25(5-8-30(32)47(37(43)50)31-9-10-33(48)41-35(31)49)21-46-22-27(23-46)51-16-2-11-44-12-14-45(15-13-44)20-24-3-6-26(7-4-24)28-18-39-34-29(28)19-40-36(38)42-34/h3-8,17-19,27,31H,2,9-16,20-23H2,1H3,(H,41,48,49)(H3,38,39,40,42). The molecule has 2 aromatic carbocycles. The second-order valence-corrected chi connectivity index (χ2v) is 14.0. The van der Waals surface area contributed by atoms with Gasteiger partial charge in [0.05, 0.1) is 17.1 Å². The van der Waals surface area contributed by atoms with Crippen molar-refractivity contribution in [3.63, 3.8) is 0 Å². The van der Waals surface area contributed by atoms with E-state index in [0.717, 1.165) is 105 Å². The number of aromatic nitrogens is 5. The van der Waals surface area contributed by atoms with Gasteiger partial charge in [-0.05, 0) is 41.7 Å². The second kappa shape index (κ2) is 14.0. The Morgan fingerprint density at radius 2 is 1.67 bits per heavy atom. The Balaban J connectivity index is 0.736. The van der Waals surface area contributed by atoms with Crippen molar-refractivity contribution < 1.29 is 14.3 Å². The van der Waals surface area contributed by atoms with Crippen molar-refractivity contribution in [2.75, 3.05) is 58.2 Å². The Morgan fingerprint density at radius 1 is 0.922 bits per heavy atom. The first-order chi connectivity index (χ1) is 24.8. The van der Waals surface area contributed by atoms with Crippen LogP contribution in [0, 0.1) is 0 Å². The highest BCUT2D eigenvalue weighted by Gasteiger charge is 2.32. The highest BCUT2D eigenvalue weighted by atomic mass is 16.5. The minimum atomic E-state index is -0.673. The first kappa shape index (κ1) is 33.3. The van der Waals surface area contributed by atoms with Gasteiger partial charge in [0.1, 0.15) is 11.7 Å². The fourth-order valence-electron chi connectivity index (χ4n) is 7.67. The van der Waals surface area contributed by atoms with Crippen molar-refractivity contribution in [3.05, 3.63) is 76.5 Å². The van der Waals surface area contributed by atoms with Crippen molar-refractivity contribution in [2.45, 2.75) is 44.5 Å². The number of carbonyl (C=O) groups excluding carboxylic acids is 2. The van der Waals surface area contributed by atoms with Crippen LogP contribution in [0.2, 0.25) is 0 Å². The summed E-state index contributed by atoms with van der Waals surface area (Å²) in [5.41, 5.74) is 12.4. The van der Waals surface area contributed by atoms with E-state index in [1.54, 1.807) is 17.8 Å². The number of rotatable bonds is 11. The number of fused-ring (bicyclic) bond motifs is 2. The first-order valence-corrected chi connectivity index (χ1v) is 17.8. The molecule has 2 amide bonds. The number of imidazole rings is 1. The van der Waals surface area contributed by atoms with Gasteiger partial charge in [-0.3, -0.25) is 33.8 Å². The molecule has 3 aliphatic rings. The lowest BCUT2D eigenvalue weighted by atomic mass is 10.0. The van der Waals surface area contributed by atoms with Crippen LogP contribution in [0.4, 0.5) is 5.95 Å². The summed E-state index contributed by atoms with van der Waals surface area (Å²) < 4.78 is 9.30. The number of piperazine rings is 1. The SMILES string of the molecule is Cn1c(=O)n(C2CCC(=O)NC2=O)c2ccc(CN3CC(OCCCN4CCN(Cc5ccc(-c6c[nH]c7nc(N)ncc67)cc5)CC4)C3)cc21. The molecule has 0 bridgehead atoms. The van der Waals surface area contributed by atoms with Crippen LogP contribution in [-0.2, 0) is 34.5 Å². The van der Waals surface area contributed by atoms with Crippen molar-refractivity contribution in [3.8, 4) is 11.1 Å². The van der Waals surface area contributed by atoms with Crippen LogP contribution >= 0.6 is 0 Å². The molecule has 8 rings (SSSR count). The van der Waals surface area contributed by atoms with Gasteiger partial charge in [0.2, 0.25) is 17.8 Å². The number of hydrogen-bond donors (Lipinski definition) is 3. The number of H-pyrrole nitrogens is 1. The molecule has 0 radical (unpaired) electrons. The van der Waals surface area contributed by atoms with Crippen LogP contribution in [-0.4, -0.2) is 109 Å². The number of aryl methyl sites for hydroxylation is 1. The number of amides is 2. The third-order valence-electron chi connectivity index (χ3n) is 10.6. The zero-order valence-electron chi connectivity index (χ0n) is 28.9. The Morgan fingerprint density at radius 3 is 2.45 bits per heavy atom. The van der Waals surface area contributed by atoms with E-state index in [9.17, 15) is 14.4 Å². The van der Waals surface area contributed by atoms with E-state index < -0.39 is 11.9 Å². The van der Waals surface area contributed by atoms with E-state index in [1.807, 2.05) is 24.4 Å². The zero-order valence-corrected chi connectivity index (χ0v) is 28.9. The Bertz CT molecular complexity index is 2120. The van der Waals surface area contributed by atoms with Gasteiger partial charge in [-0.1, -0.05) is 30.3 Å². The van der Waals surface area contributed by atoms with Crippen LogP contribution in [0.15, 0.2) is 59.7 Å². The van der Waals surface area contributed by atoms with Gasteiger partial charge in [0, 0.05) is 102 Å². The van der Waals surface area contributed by atoms with E-state index >= 15 is 0 Å². The summed E-state index contributed by atoms with van der Waals surface area (Å²) in [6.07, 6.45) is 5.57. The summed E-state index contributed by atoms with van der Waals surface area (Å²) in [6, 6.07) is 14.1. The number of anilines is 1. The van der Waals surface area contributed by atoms with Crippen LogP contribution in [0.1, 0.15) is 36.4 Å². The van der Waals surface area contributed by atoms with E-state index in [0.29, 0.717) is 11.9 Å². The minimum absolute atomic E-state index is 0.229. The Hall–Kier alpha value is -4.89. The quantitative estimate of drug-likeness (QED) is 0.138. The predicted octanol–water partition coefficient (Wildman–Crippen LogP) is 2.25. The van der Waals surface area contributed by atoms with Gasteiger partial charge >= 0.3 is 5.69 Å². The number of nitrogen functional groups attached to an aromatic ring is 1. The largest absolute Gasteiger partial charge is 0.376 e. The molecular formula is C37H44N10O4. The first-order valence-electron chi connectivity index (χ1n) is 17.8. The maximum Gasteiger partial charge on any atom is 0.329 e. The number of ether oxygens (including phenoxy) is 1. The molecule has 6 heterocycles. The maximum absolute atomic E-state index is 13.1. The number of hydrogen-bond acceptors (Lipinski definition) is 10. The molecule has 266 valence electrons. The average Bonchev–Trinajstić information content (AvgIpc) is 3.63. The van der Waals surface area contributed by atoms with Crippen molar-refractivity contribution in [1.29, 1.82) is 0 Å². The molecule has 3 saturated heterocycles. The van der Waals surface area contributed by atoms with Gasteiger partial charge in [0.25, 0.3) is 0 Å². The number of nitrogens with two attached hydrogens (primary N) is 1. The molecule has 1 atom stereocenters. The summed E-state index contributed by atoms with van der Waals surface area (Å²) in [4.78, 5) is 56.2. The number of aromatic amines is 1. The number of piperidine rings is 1. The lowest BCUT2D eigenvalue weighted by molar-refractivity contribution is -0.135. The molecule has 0 spiro atoms. The van der Waals surface area contributed by atoms with Crippen molar-refractivity contribution in [1.82, 2.24) is 44.1 Å². The average molecular weight is 693 g/mol. The fourth-order valence-corrected chi connectivity index (χ4v) is 7.67. The van der Waals surface area contributed by atoms with Gasteiger partial charge in [-0.25, -0.2) is 9.78 Å². The molecule has 3 aromatic heterocycles. The minimum Gasteiger partial charge on any atom is -0.376 e. The lowest BCUT2D eigenvalue weighted by Crippen LogP contribution is -2.51.